The zero-order valence-corrected chi connectivity index (χ0v) is 13.9. The van der Waals surface area contributed by atoms with Crippen molar-refractivity contribution in [3.05, 3.63) is 59.9 Å². The number of aromatic amines is 1. The molecule has 1 atom stereocenters. The first-order valence-electron chi connectivity index (χ1n) is 8.10. The Hall–Kier alpha value is -2.89. The predicted octanol–water partition coefficient (Wildman–Crippen LogP) is 3.59. The molecule has 0 radical (unpaired) electrons. The van der Waals surface area contributed by atoms with Crippen LogP contribution in [-0.2, 0) is 22.6 Å². The molecule has 0 aliphatic rings. The summed E-state index contributed by atoms with van der Waals surface area (Å²) in [6.45, 7) is 2.21. The summed E-state index contributed by atoms with van der Waals surface area (Å²) < 4.78 is 24.4. The van der Waals surface area contributed by atoms with Gasteiger partial charge in [-0.3, -0.25) is 0 Å². The molecule has 25 heavy (non-hydrogen) atoms. The van der Waals surface area contributed by atoms with Crippen LogP contribution in [-0.4, -0.2) is 28.7 Å². The van der Waals surface area contributed by atoms with E-state index in [0.717, 1.165) is 16.5 Å². The number of nitrogens with zero attached hydrogens (tertiary/aromatic N) is 1. The predicted molar refractivity (Wildman–Crippen MR) is 92.1 cm³/mol. The van der Waals surface area contributed by atoms with Crippen molar-refractivity contribution in [2.45, 2.75) is 26.1 Å². The van der Waals surface area contributed by atoms with Gasteiger partial charge in [0.25, 0.3) is 0 Å². The lowest BCUT2D eigenvalue weighted by Gasteiger charge is -2.08. The van der Waals surface area contributed by atoms with E-state index in [4.69, 9.17) is 9.47 Å². The summed E-state index contributed by atoms with van der Waals surface area (Å²) >= 11 is 0. The molecule has 1 unspecified atom stereocenters. The number of halogens is 1. The van der Waals surface area contributed by atoms with Gasteiger partial charge >= 0.3 is 5.97 Å². The zero-order valence-electron chi connectivity index (χ0n) is 13.9. The van der Waals surface area contributed by atoms with E-state index in [1.54, 1.807) is 25.4 Å². The van der Waals surface area contributed by atoms with E-state index in [0.29, 0.717) is 18.1 Å². The highest BCUT2D eigenvalue weighted by atomic mass is 19.1. The molecule has 0 spiro atoms. The van der Waals surface area contributed by atoms with Gasteiger partial charge in [0.05, 0.1) is 18.3 Å². The Kier molecular flexibility index (Phi) is 5.28. The first-order valence-corrected chi connectivity index (χ1v) is 8.10. The molecule has 0 fully saturated rings. The summed E-state index contributed by atoms with van der Waals surface area (Å²) in [5, 5.41) is 0.782. The van der Waals surface area contributed by atoms with Crippen LogP contribution in [0.2, 0.25) is 0 Å². The van der Waals surface area contributed by atoms with Crippen LogP contribution in [0.4, 0.5) is 4.39 Å². The van der Waals surface area contributed by atoms with Gasteiger partial charge in [0.1, 0.15) is 6.61 Å². The van der Waals surface area contributed by atoms with Crippen LogP contribution in [0.1, 0.15) is 18.1 Å². The average molecular weight is 342 g/mol. The number of aromatic nitrogens is 2. The minimum absolute atomic E-state index is 0.0546. The maximum Gasteiger partial charge on any atom is 0.341 e. The monoisotopic (exact) mass is 342 g/mol. The second kappa shape index (κ2) is 7.79. The molecule has 130 valence electrons. The molecule has 0 aliphatic carbocycles. The maximum absolute atomic E-state index is 14.0. The highest BCUT2D eigenvalue weighted by Crippen LogP contribution is 2.24. The number of benzene rings is 1. The standard InChI is InChI=1S/C19H19FN2O3/c1-2-24-19(23)16(20)8-14-10-21-17-11-22-18(9-15(14)17)25-12-13-6-4-3-5-7-13/h3-7,9-11,16,21H,2,8,12H2,1H3. The van der Waals surface area contributed by atoms with Gasteiger partial charge in [-0.15, -0.1) is 0 Å². The van der Waals surface area contributed by atoms with Crippen LogP contribution in [0.3, 0.4) is 0 Å². The third-order valence-corrected chi connectivity index (χ3v) is 3.80. The number of pyridine rings is 1. The highest BCUT2D eigenvalue weighted by Gasteiger charge is 2.21. The minimum atomic E-state index is -1.69. The average Bonchev–Trinajstić information content (AvgIpc) is 3.03. The summed E-state index contributed by atoms with van der Waals surface area (Å²) in [5.41, 5.74) is 2.48. The van der Waals surface area contributed by atoms with Gasteiger partial charge in [-0.1, -0.05) is 30.3 Å². The lowest BCUT2D eigenvalue weighted by molar-refractivity contribution is -0.148. The number of fused-ring (bicyclic) bond motifs is 1. The number of ether oxygens (including phenoxy) is 2. The number of carbonyl (C=O) groups is 1. The lowest BCUT2D eigenvalue weighted by Crippen LogP contribution is -2.21. The number of H-pyrrole nitrogens is 1. The summed E-state index contributed by atoms with van der Waals surface area (Å²) in [4.78, 5) is 18.8. The molecule has 2 heterocycles. The van der Waals surface area contributed by atoms with Crippen molar-refractivity contribution in [2.75, 3.05) is 6.61 Å². The molecule has 1 N–H and O–H groups in total. The minimum Gasteiger partial charge on any atom is -0.473 e. The van der Waals surface area contributed by atoms with Crippen LogP contribution in [0.25, 0.3) is 10.9 Å². The van der Waals surface area contributed by atoms with Crippen LogP contribution >= 0.6 is 0 Å². The Morgan fingerprint density at radius 1 is 1.32 bits per heavy atom. The number of rotatable bonds is 7. The number of hydrogen-bond acceptors (Lipinski definition) is 4. The quantitative estimate of drug-likeness (QED) is 0.667. The van der Waals surface area contributed by atoms with E-state index >= 15 is 0 Å². The Balaban J connectivity index is 1.74. The summed E-state index contributed by atoms with van der Waals surface area (Å²) in [7, 11) is 0. The molecular weight excluding hydrogens is 323 g/mol. The fourth-order valence-corrected chi connectivity index (χ4v) is 2.55. The Morgan fingerprint density at radius 3 is 2.88 bits per heavy atom. The van der Waals surface area contributed by atoms with Crippen LogP contribution in [0.15, 0.2) is 48.8 Å². The largest absolute Gasteiger partial charge is 0.473 e. The molecule has 6 heteroatoms. The molecule has 2 aromatic heterocycles. The first kappa shape index (κ1) is 17.0. The van der Waals surface area contributed by atoms with E-state index in [-0.39, 0.29) is 13.0 Å². The lowest BCUT2D eigenvalue weighted by atomic mass is 10.1. The molecule has 0 saturated carbocycles. The second-order valence-electron chi connectivity index (χ2n) is 5.58. The Bertz CT molecular complexity index is 848. The van der Waals surface area contributed by atoms with E-state index in [1.165, 1.54) is 0 Å². The number of hydrogen-bond donors (Lipinski definition) is 1. The molecule has 3 rings (SSSR count). The summed E-state index contributed by atoms with van der Waals surface area (Å²) in [5.74, 6) is -0.393. The Morgan fingerprint density at radius 2 is 2.12 bits per heavy atom. The van der Waals surface area contributed by atoms with Crippen molar-refractivity contribution >= 4 is 16.9 Å². The molecule has 0 aliphatic heterocycles. The van der Waals surface area contributed by atoms with Crippen LogP contribution in [0, 0.1) is 0 Å². The molecule has 5 nitrogen and oxygen atoms in total. The van der Waals surface area contributed by atoms with Crippen molar-refractivity contribution in [1.29, 1.82) is 0 Å². The number of alkyl halides is 1. The fraction of sp³-hybridized carbons (Fsp3) is 0.263. The molecule has 3 aromatic rings. The van der Waals surface area contributed by atoms with Crippen molar-refractivity contribution in [3.63, 3.8) is 0 Å². The van der Waals surface area contributed by atoms with E-state index < -0.39 is 12.1 Å². The van der Waals surface area contributed by atoms with Crippen molar-refractivity contribution in [2.24, 2.45) is 0 Å². The van der Waals surface area contributed by atoms with Gasteiger partial charge in [0.15, 0.2) is 0 Å². The van der Waals surface area contributed by atoms with Gasteiger partial charge in [-0.2, -0.15) is 0 Å². The molecule has 0 bridgehead atoms. The van der Waals surface area contributed by atoms with Gasteiger partial charge in [-0.05, 0) is 18.1 Å². The molecular formula is C19H19FN2O3. The van der Waals surface area contributed by atoms with Crippen molar-refractivity contribution in [3.8, 4) is 5.88 Å². The van der Waals surface area contributed by atoms with Gasteiger partial charge in [0, 0.05) is 24.1 Å². The maximum atomic E-state index is 14.0. The van der Waals surface area contributed by atoms with Gasteiger partial charge in [0.2, 0.25) is 12.1 Å². The summed E-state index contributed by atoms with van der Waals surface area (Å²) in [6, 6.07) is 11.5. The number of esters is 1. The van der Waals surface area contributed by atoms with Gasteiger partial charge in [-0.25, -0.2) is 14.2 Å². The van der Waals surface area contributed by atoms with Crippen LogP contribution < -0.4 is 4.74 Å². The second-order valence-corrected chi connectivity index (χ2v) is 5.58. The fourth-order valence-electron chi connectivity index (χ4n) is 2.55. The highest BCUT2D eigenvalue weighted by molar-refractivity contribution is 5.84. The number of carbonyl (C=O) groups excluding carboxylic acids is 1. The van der Waals surface area contributed by atoms with Gasteiger partial charge < -0.3 is 14.5 Å². The van der Waals surface area contributed by atoms with Crippen LogP contribution in [0.5, 0.6) is 5.88 Å². The third kappa shape index (κ3) is 4.15. The van der Waals surface area contributed by atoms with E-state index in [2.05, 4.69) is 9.97 Å². The molecule has 0 amide bonds. The topological polar surface area (TPSA) is 64.2 Å². The molecule has 1 aromatic carbocycles. The number of nitrogens with one attached hydrogen (secondary N) is 1. The third-order valence-electron chi connectivity index (χ3n) is 3.80. The zero-order chi connectivity index (χ0) is 17.6. The van der Waals surface area contributed by atoms with E-state index in [9.17, 15) is 9.18 Å². The van der Waals surface area contributed by atoms with Crippen molar-refractivity contribution < 1.29 is 18.7 Å². The first-order chi connectivity index (χ1) is 12.2. The normalized spacial score (nSPS) is 12.1. The SMILES string of the molecule is CCOC(=O)C(F)Cc1c[nH]c2cnc(OCc3ccccc3)cc12. The summed E-state index contributed by atoms with van der Waals surface area (Å²) in [6.07, 6.45) is 1.57. The van der Waals surface area contributed by atoms with Crippen molar-refractivity contribution in [1.82, 2.24) is 9.97 Å². The Labute approximate surface area is 144 Å². The smallest absolute Gasteiger partial charge is 0.341 e. The van der Waals surface area contributed by atoms with E-state index in [1.807, 2.05) is 30.3 Å². The molecule has 0 saturated heterocycles.